The number of benzene rings is 1. The third-order valence-electron chi connectivity index (χ3n) is 6.01. The summed E-state index contributed by atoms with van der Waals surface area (Å²) in [6.07, 6.45) is 12.0. The lowest BCUT2D eigenvalue weighted by Gasteiger charge is -2.30. The lowest BCUT2D eigenvalue weighted by Crippen LogP contribution is -2.38. The molecule has 0 N–H and O–H groups in total. The van der Waals surface area contributed by atoms with Crippen LogP contribution in [0.15, 0.2) is 59.6 Å². The number of ketones is 1. The second kappa shape index (κ2) is 12.5. The van der Waals surface area contributed by atoms with E-state index in [2.05, 4.69) is 11.6 Å². The molecule has 6 heteroatoms. The monoisotopic (exact) mass is 454 g/mol. The molecule has 0 saturated carbocycles. The van der Waals surface area contributed by atoms with Crippen LogP contribution in [0.5, 0.6) is 0 Å². The van der Waals surface area contributed by atoms with Gasteiger partial charge in [0.05, 0.1) is 12.3 Å². The number of amides is 1. The molecule has 2 fully saturated rings. The van der Waals surface area contributed by atoms with Gasteiger partial charge in [-0.2, -0.15) is 0 Å². The maximum Gasteiger partial charge on any atom is 0.253 e. The molecule has 0 bridgehead atoms. The summed E-state index contributed by atoms with van der Waals surface area (Å²) >= 11 is 5.93. The predicted octanol–water partition coefficient (Wildman–Crippen LogP) is 5.42. The minimum absolute atomic E-state index is 0.0275. The molecule has 1 amide bonds. The first-order valence-electron chi connectivity index (χ1n) is 11.3. The van der Waals surface area contributed by atoms with Crippen molar-refractivity contribution in [2.75, 3.05) is 19.7 Å². The molecular weight excluding hydrogens is 424 g/mol. The first kappa shape index (κ1) is 24.1. The molecular formula is C26H31ClN2O3. The predicted molar refractivity (Wildman–Crippen MR) is 130 cm³/mol. The van der Waals surface area contributed by atoms with Crippen LogP contribution in [0.3, 0.4) is 0 Å². The second-order valence-corrected chi connectivity index (χ2v) is 8.45. The molecule has 3 rings (SSSR count). The number of hydrogen-bond acceptors (Lipinski definition) is 4. The Bertz CT molecular complexity index is 885. The van der Waals surface area contributed by atoms with Crippen LogP contribution in [-0.4, -0.2) is 48.6 Å². The molecule has 2 aliphatic heterocycles. The number of carbonyl (C=O) groups excluding carboxylic acids is 2. The Morgan fingerprint density at radius 3 is 2.50 bits per heavy atom. The average molecular weight is 455 g/mol. The first-order chi connectivity index (χ1) is 15.6. The van der Waals surface area contributed by atoms with E-state index < -0.39 is 0 Å². The fourth-order valence-electron chi connectivity index (χ4n) is 4.03. The fraction of sp³-hybridized carbons (Fsp3) is 0.423. The standard InChI is InChI=1S/C26H31ClN2O3/c1-2-3-5-14-28-23(19-27)21-8-10-22(11-9-21)26(31)29-15-6-4-7-20(12-16-29)18-24(30)25-13-17-32-25/h2-3,5,8-11,14,19-20,25H,1,4,6-7,12-13,15-18H2/b5-3-,23-19+,28-14+. The van der Waals surface area contributed by atoms with E-state index in [1.54, 1.807) is 24.4 Å². The number of ether oxygens (including phenoxy) is 1. The fourth-order valence-corrected chi connectivity index (χ4v) is 4.21. The van der Waals surface area contributed by atoms with E-state index in [-0.39, 0.29) is 17.8 Å². The van der Waals surface area contributed by atoms with Gasteiger partial charge < -0.3 is 9.64 Å². The molecule has 2 unspecified atom stereocenters. The minimum Gasteiger partial charge on any atom is -0.370 e. The molecule has 170 valence electrons. The maximum atomic E-state index is 13.1. The Morgan fingerprint density at radius 1 is 1.09 bits per heavy atom. The summed E-state index contributed by atoms with van der Waals surface area (Å²) in [6.45, 7) is 5.74. The molecule has 0 aliphatic carbocycles. The summed E-state index contributed by atoms with van der Waals surface area (Å²) in [7, 11) is 0. The van der Waals surface area contributed by atoms with Crippen LogP contribution in [-0.2, 0) is 9.53 Å². The van der Waals surface area contributed by atoms with Gasteiger partial charge in [-0.25, -0.2) is 0 Å². The molecule has 32 heavy (non-hydrogen) atoms. The van der Waals surface area contributed by atoms with E-state index in [4.69, 9.17) is 16.3 Å². The third kappa shape index (κ3) is 6.75. The van der Waals surface area contributed by atoms with Crippen molar-refractivity contribution in [3.05, 3.63) is 65.7 Å². The van der Waals surface area contributed by atoms with E-state index in [0.29, 0.717) is 36.8 Å². The SMILES string of the molecule is C=C\C=C/C=N/C(=C/Cl)c1ccc(C(=O)N2CCCCC(CC(=O)C3CCO3)CC2)cc1. The number of rotatable bonds is 8. The van der Waals surface area contributed by atoms with Gasteiger partial charge in [-0.05, 0) is 43.4 Å². The van der Waals surface area contributed by atoms with Crippen LogP contribution in [0.2, 0.25) is 0 Å². The number of Topliss-reactive ketones (excluding diaryl/α,β-unsaturated/α-hetero) is 1. The maximum absolute atomic E-state index is 13.1. The highest BCUT2D eigenvalue weighted by atomic mass is 35.5. The molecule has 2 heterocycles. The van der Waals surface area contributed by atoms with Crippen LogP contribution in [0.4, 0.5) is 0 Å². The highest BCUT2D eigenvalue weighted by Gasteiger charge is 2.29. The zero-order valence-corrected chi connectivity index (χ0v) is 19.2. The highest BCUT2D eigenvalue weighted by molar-refractivity contribution is 6.28. The van der Waals surface area contributed by atoms with Gasteiger partial charge in [0.1, 0.15) is 6.10 Å². The smallest absolute Gasteiger partial charge is 0.253 e. The normalized spacial score (nSPS) is 22.4. The van der Waals surface area contributed by atoms with Gasteiger partial charge in [-0.1, -0.05) is 48.9 Å². The Morgan fingerprint density at radius 2 is 1.84 bits per heavy atom. The molecule has 2 aliphatic rings. The molecule has 2 atom stereocenters. The summed E-state index contributed by atoms with van der Waals surface area (Å²) in [5, 5.41) is 0. The van der Waals surface area contributed by atoms with Gasteiger partial charge in [0, 0.05) is 48.8 Å². The molecule has 2 saturated heterocycles. The van der Waals surface area contributed by atoms with Crippen molar-refractivity contribution in [3.8, 4) is 0 Å². The number of aliphatic imine (C=N–C) groups is 1. The quantitative estimate of drug-likeness (QED) is 0.389. The van der Waals surface area contributed by atoms with Crippen molar-refractivity contribution in [2.45, 2.75) is 44.6 Å². The lowest BCUT2D eigenvalue weighted by atomic mass is 9.89. The molecule has 0 aromatic heterocycles. The topological polar surface area (TPSA) is 59.0 Å². The third-order valence-corrected chi connectivity index (χ3v) is 6.22. The summed E-state index contributed by atoms with van der Waals surface area (Å²) in [5.74, 6) is 0.579. The van der Waals surface area contributed by atoms with Crippen molar-refractivity contribution in [2.24, 2.45) is 10.9 Å². The van der Waals surface area contributed by atoms with E-state index in [1.807, 2.05) is 29.2 Å². The minimum atomic E-state index is -0.189. The number of likely N-dealkylation sites (tertiary alicyclic amines) is 1. The van der Waals surface area contributed by atoms with E-state index >= 15 is 0 Å². The van der Waals surface area contributed by atoms with Gasteiger partial charge in [-0.3, -0.25) is 14.6 Å². The average Bonchev–Trinajstić information content (AvgIpc) is 2.74. The van der Waals surface area contributed by atoms with Gasteiger partial charge >= 0.3 is 0 Å². The van der Waals surface area contributed by atoms with Crippen LogP contribution in [0.1, 0.15) is 54.4 Å². The first-order valence-corrected chi connectivity index (χ1v) is 11.7. The molecule has 1 aromatic rings. The zero-order chi connectivity index (χ0) is 22.8. The Kier molecular flexibility index (Phi) is 9.44. The second-order valence-electron chi connectivity index (χ2n) is 8.23. The highest BCUT2D eigenvalue weighted by Crippen LogP contribution is 2.25. The van der Waals surface area contributed by atoms with Crippen LogP contribution in [0.25, 0.3) is 5.70 Å². The summed E-state index contributed by atoms with van der Waals surface area (Å²) < 4.78 is 5.33. The Balaban J connectivity index is 1.59. The van der Waals surface area contributed by atoms with Crippen LogP contribution < -0.4 is 0 Å². The largest absolute Gasteiger partial charge is 0.370 e. The molecule has 5 nitrogen and oxygen atoms in total. The van der Waals surface area contributed by atoms with Crippen molar-refractivity contribution >= 4 is 35.2 Å². The molecule has 0 radical (unpaired) electrons. The molecule has 1 aromatic carbocycles. The summed E-state index contributed by atoms with van der Waals surface area (Å²) in [5.41, 5.74) is 3.52. The zero-order valence-electron chi connectivity index (χ0n) is 18.4. The van der Waals surface area contributed by atoms with Gasteiger partial charge in [0.2, 0.25) is 0 Å². The number of nitrogens with zero attached hydrogens (tertiary/aromatic N) is 2. The van der Waals surface area contributed by atoms with Gasteiger partial charge in [0.15, 0.2) is 5.78 Å². The Labute approximate surface area is 195 Å². The summed E-state index contributed by atoms with van der Waals surface area (Å²) in [4.78, 5) is 31.7. The van der Waals surface area contributed by atoms with Crippen LogP contribution in [0, 0.1) is 5.92 Å². The number of carbonyl (C=O) groups is 2. The van der Waals surface area contributed by atoms with Crippen LogP contribution >= 0.6 is 11.6 Å². The number of hydrogen-bond donors (Lipinski definition) is 0. The van der Waals surface area contributed by atoms with Crippen molar-refractivity contribution in [1.29, 1.82) is 0 Å². The van der Waals surface area contributed by atoms with E-state index in [1.165, 1.54) is 5.54 Å². The lowest BCUT2D eigenvalue weighted by molar-refractivity contribution is -0.143. The van der Waals surface area contributed by atoms with Crippen molar-refractivity contribution in [1.82, 2.24) is 4.90 Å². The van der Waals surface area contributed by atoms with Crippen molar-refractivity contribution < 1.29 is 14.3 Å². The molecule has 0 spiro atoms. The van der Waals surface area contributed by atoms with E-state index in [0.717, 1.165) is 44.2 Å². The number of allylic oxidation sites excluding steroid dienone is 3. The van der Waals surface area contributed by atoms with E-state index in [9.17, 15) is 9.59 Å². The van der Waals surface area contributed by atoms with Gasteiger partial charge in [0.25, 0.3) is 5.91 Å². The number of halogens is 1. The summed E-state index contributed by atoms with van der Waals surface area (Å²) in [6, 6.07) is 7.36. The Hall–Kier alpha value is -2.50. The van der Waals surface area contributed by atoms with Crippen molar-refractivity contribution in [3.63, 3.8) is 0 Å². The van der Waals surface area contributed by atoms with Gasteiger partial charge in [-0.15, -0.1) is 0 Å².